The molecule has 5 heteroatoms. The summed E-state index contributed by atoms with van der Waals surface area (Å²) in [6, 6.07) is 7.60. The molecule has 0 radical (unpaired) electrons. The van der Waals surface area contributed by atoms with Crippen LogP contribution in [0.4, 0.5) is 0 Å². The summed E-state index contributed by atoms with van der Waals surface area (Å²) in [4.78, 5) is 12.3. The number of nitrogens with two attached hydrogens (primary N) is 1. The molecule has 0 fully saturated rings. The predicted octanol–water partition coefficient (Wildman–Crippen LogP) is 2.54. The highest BCUT2D eigenvalue weighted by molar-refractivity contribution is 5.85. The first kappa shape index (κ1) is 19.9. The van der Waals surface area contributed by atoms with Crippen LogP contribution in [-0.2, 0) is 11.3 Å². The van der Waals surface area contributed by atoms with Crippen molar-refractivity contribution in [1.82, 2.24) is 5.32 Å². The minimum atomic E-state index is -0.469. The molecule has 0 saturated carbocycles. The van der Waals surface area contributed by atoms with Gasteiger partial charge in [-0.15, -0.1) is 12.4 Å². The molecule has 0 aliphatic rings. The summed E-state index contributed by atoms with van der Waals surface area (Å²) in [5.74, 6) is 0.0182. The minimum Gasteiger partial charge on any atom is -0.389 e. The van der Waals surface area contributed by atoms with Crippen molar-refractivity contribution in [1.29, 1.82) is 0 Å². The molecule has 1 unspecified atom stereocenters. The molecule has 1 atom stereocenters. The predicted molar refractivity (Wildman–Crippen MR) is 88.2 cm³/mol. The molecule has 0 saturated heterocycles. The average Bonchev–Trinajstić information content (AvgIpc) is 2.48. The maximum absolute atomic E-state index is 12.3. The Morgan fingerprint density at radius 2 is 1.81 bits per heavy atom. The van der Waals surface area contributed by atoms with E-state index in [4.69, 9.17) is 5.73 Å². The second kappa shape index (κ2) is 9.03. The lowest BCUT2D eigenvalue weighted by atomic mass is 9.81. The van der Waals surface area contributed by atoms with E-state index in [1.54, 1.807) is 6.92 Å². The van der Waals surface area contributed by atoms with Crippen molar-refractivity contribution < 1.29 is 9.90 Å². The Morgan fingerprint density at radius 3 is 2.19 bits per heavy atom. The van der Waals surface area contributed by atoms with Gasteiger partial charge in [0, 0.05) is 13.1 Å². The third kappa shape index (κ3) is 4.99. The zero-order valence-electron chi connectivity index (χ0n) is 13.1. The number of nitrogens with one attached hydrogen (secondary N) is 1. The molecule has 21 heavy (non-hydrogen) atoms. The highest BCUT2D eigenvalue weighted by Gasteiger charge is 2.32. The third-order valence-corrected chi connectivity index (χ3v) is 4.14. The molecule has 1 aromatic rings. The van der Waals surface area contributed by atoms with Gasteiger partial charge in [-0.1, -0.05) is 38.1 Å². The number of aliphatic hydroxyl groups excluding tert-OH is 1. The Balaban J connectivity index is 0.00000400. The lowest BCUT2D eigenvalue weighted by Crippen LogP contribution is -2.45. The molecule has 1 aromatic carbocycles. The molecule has 0 aromatic heterocycles. The van der Waals surface area contributed by atoms with Crippen LogP contribution in [0.15, 0.2) is 24.3 Å². The normalized spacial score (nSPS) is 12.4. The molecule has 0 aliphatic carbocycles. The Morgan fingerprint density at radius 1 is 1.29 bits per heavy atom. The van der Waals surface area contributed by atoms with Gasteiger partial charge in [-0.3, -0.25) is 4.79 Å². The fourth-order valence-electron chi connectivity index (χ4n) is 2.24. The zero-order valence-corrected chi connectivity index (χ0v) is 13.9. The standard InChI is InChI=1S/C16H26N2O2.ClH/c1-4-16(5-2,11-17)15(20)18-10-13-6-8-14(9-7-13)12(3)19;/h6-9,12,19H,4-5,10-11,17H2,1-3H3,(H,18,20);1H. The maximum Gasteiger partial charge on any atom is 0.227 e. The molecular formula is C16H27ClN2O2. The first-order chi connectivity index (χ1) is 9.49. The van der Waals surface area contributed by atoms with Gasteiger partial charge in [0.05, 0.1) is 11.5 Å². The van der Waals surface area contributed by atoms with Crippen LogP contribution >= 0.6 is 12.4 Å². The topological polar surface area (TPSA) is 75.4 Å². The monoisotopic (exact) mass is 314 g/mol. The molecule has 4 N–H and O–H groups in total. The van der Waals surface area contributed by atoms with E-state index in [-0.39, 0.29) is 18.3 Å². The highest BCUT2D eigenvalue weighted by atomic mass is 35.5. The smallest absolute Gasteiger partial charge is 0.227 e. The third-order valence-electron chi connectivity index (χ3n) is 4.14. The van der Waals surface area contributed by atoms with Crippen molar-refractivity contribution >= 4 is 18.3 Å². The molecule has 0 aliphatic heterocycles. The first-order valence-corrected chi connectivity index (χ1v) is 7.24. The summed E-state index contributed by atoms with van der Waals surface area (Å²) in [7, 11) is 0. The van der Waals surface area contributed by atoms with Gasteiger partial charge in [0.15, 0.2) is 0 Å². The van der Waals surface area contributed by atoms with Crippen LogP contribution < -0.4 is 11.1 Å². The van der Waals surface area contributed by atoms with E-state index >= 15 is 0 Å². The number of hydrogen-bond donors (Lipinski definition) is 3. The van der Waals surface area contributed by atoms with Crippen molar-refractivity contribution in [3.63, 3.8) is 0 Å². The number of hydrogen-bond acceptors (Lipinski definition) is 3. The second-order valence-electron chi connectivity index (χ2n) is 5.29. The minimum absolute atomic E-state index is 0. The number of rotatable bonds is 7. The first-order valence-electron chi connectivity index (χ1n) is 7.24. The van der Waals surface area contributed by atoms with E-state index in [0.29, 0.717) is 13.1 Å². The van der Waals surface area contributed by atoms with Gasteiger partial charge in [-0.2, -0.15) is 0 Å². The fraction of sp³-hybridized carbons (Fsp3) is 0.562. The van der Waals surface area contributed by atoms with E-state index in [2.05, 4.69) is 5.32 Å². The molecule has 1 rings (SSSR count). The van der Waals surface area contributed by atoms with Gasteiger partial charge in [0.1, 0.15) is 0 Å². The SMILES string of the molecule is CCC(CC)(CN)C(=O)NCc1ccc(C(C)O)cc1.Cl. The van der Waals surface area contributed by atoms with E-state index in [9.17, 15) is 9.90 Å². The van der Waals surface area contributed by atoms with Crippen molar-refractivity contribution in [3.05, 3.63) is 35.4 Å². The lowest BCUT2D eigenvalue weighted by molar-refractivity contribution is -0.131. The van der Waals surface area contributed by atoms with Crippen LogP contribution in [0.1, 0.15) is 50.8 Å². The quantitative estimate of drug-likeness (QED) is 0.724. The fourth-order valence-corrected chi connectivity index (χ4v) is 2.24. The number of amides is 1. The van der Waals surface area contributed by atoms with E-state index in [0.717, 1.165) is 24.0 Å². The Bertz CT molecular complexity index is 420. The summed E-state index contributed by atoms with van der Waals surface area (Å²) >= 11 is 0. The van der Waals surface area contributed by atoms with E-state index < -0.39 is 11.5 Å². The summed E-state index contributed by atoms with van der Waals surface area (Å²) in [6.45, 7) is 6.57. The zero-order chi connectivity index (χ0) is 15.2. The van der Waals surface area contributed by atoms with Crippen LogP contribution in [0.5, 0.6) is 0 Å². The molecular weight excluding hydrogens is 288 g/mol. The maximum atomic E-state index is 12.3. The van der Waals surface area contributed by atoms with E-state index in [1.165, 1.54) is 0 Å². The van der Waals surface area contributed by atoms with Gasteiger partial charge < -0.3 is 16.2 Å². The highest BCUT2D eigenvalue weighted by Crippen LogP contribution is 2.25. The van der Waals surface area contributed by atoms with Gasteiger partial charge in [0.2, 0.25) is 5.91 Å². The number of aliphatic hydroxyl groups is 1. The van der Waals surface area contributed by atoms with Gasteiger partial charge >= 0.3 is 0 Å². The Hall–Kier alpha value is -1.10. The molecule has 4 nitrogen and oxygen atoms in total. The lowest BCUT2D eigenvalue weighted by Gasteiger charge is -2.28. The largest absolute Gasteiger partial charge is 0.389 e. The molecule has 120 valence electrons. The van der Waals surface area contributed by atoms with Crippen LogP contribution in [0.3, 0.4) is 0 Å². The van der Waals surface area contributed by atoms with E-state index in [1.807, 2.05) is 38.1 Å². The number of carbonyl (C=O) groups is 1. The van der Waals surface area contributed by atoms with Crippen molar-refractivity contribution in [2.24, 2.45) is 11.1 Å². The number of benzene rings is 1. The van der Waals surface area contributed by atoms with Crippen LogP contribution in [0, 0.1) is 5.41 Å². The Kier molecular flexibility index (Phi) is 8.55. The van der Waals surface area contributed by atoms with Crippen LogP contribution in [-0.4, -0.2) is 17.6 Å². The molecule has 0 heterocycles. The molecule has 1 amide bonds. The van der Waals surface area contributed by atoms with Crippen molar-refractivity contribution in [2.45, 2.75) is 46.3 Å². The summed E-state index contributed by atoms with van der Waals surface area (Å²) in [6.07, 6.45) is 1.02. The summed E-state index contributed by atoms with van der Waals surface area (Å²) in [5, 5.41) is 12.4. The van der Waals surface area contributed by atoms with Crippen molar-refractivity contribution in [3.8, 4) is 0 Å². The summed E-state index contributed by atoms with van der Waals surface area (Å²) < 4.78 is 0. The van der Waals surface area contributed by atoms with Crippen LogP contribution in [0.25, 0.3) is 0 Å². The Labute approximate surface area is 133 Å². The van der Waals surface area contributed by atoms with Crippen molar-refractivity contribution in [2.75, 3.05) is 6.54 Å². The summed E-state index contributed by atoms with van der Waals surface area (Å²) in [5.41, 5.74) is 7.19. The molecule has 0 spiro atoms. The van der Waals surface area contributed by atoms with Crippen LogP contribution in [0.2, 0.25) is 0 Å². The number of carbonyl (C=O) groups excluding carboxylic acids is 1. The number of halogens is 1. The van der Waals surface area contributed by atoms with Gasteiger partial charge in [-0.05, 0) is 30.9 Å². The van der Waals surface area contributed by atoms with Gasteiger partial charge in [-0.25, -0.2) is 0 Å². The van der Waals surface area contributed by atoms with Gasteiger partial charge in [0.25, 0.3) is 0 Å². The molecule has 0 bridgehead atoms. The second-order valence-corrected chi connectivity index (χ2v) is 5.29. The average molecular weight is 315 g/mol.